The molecule has 0 N–H and O–H groups in total. The van der Waals surface area contributed by atoms with Crippen molar-refractivity contribution in [3.63, 3.8) is 0 Å². The van der Waals surface area contributed by atoms with Crippen molar-refractivity contribution >= 4 is 80.9 Å². The van der Waals surface area contributed by atoms with Crippen LogP contribution in [0.5, 0.6) is 0 Å². The average molecular weight is 730 g/mol. The molecule has 2 heteroatoms. The van der Waals surface area contributed by atoms with Gasteiger partial charge in [0.1, 0.15) is 0 Å². The number of benzene rings is 10. The minimum absolute atomic E-state index is 1.11. The summed E-state index contributed by atoms with van der Waals surface area (Å²) in [6.45, 7) is 0. The van der Waals surface area contributed by atoms with Gasteiger partial charge < -0.3 is 4.90 Å². The Bertz CT molecular complexity index is 3230. The lowest BCUT2D eigenvalue weighted by Crippen LogP contribution is -2.10. The molecule has 11 rings (SSSR count). The lowest BCUT2D eigenvalue weighted by atomic mass is 9.93. The van der Waals surface area contributed by atoms with Gasteiger partial charge in [-0.1, -0.05) is 158 Å². The van der Waals surface area contributed by atoms with Crippen LogP contribution >= 0.6 is 11.3 Å². The van der Waals surface area contributed by atoms with Crippen LogP contribution in [0.1, 0.15) is 0 Å². The van der Waals surface area contributed by atoms with Crippen molar-refractivity contribution in [3.05, 3.63) is 212 Å². The molecule has 1 aromatic heterocycles. The number of hydrogen-bond donors (Lipinski definition) is 0. The van der Waals surface area contributed by atoms with Crippen LogP contribution < -0.4 is 4.90 Å². The molecule has 10 aromatic carbocycles. The molecule has 0 atom stereocenters. The first-order valence-corrected chi connectivity index (χ1v) is 20.0. The monoisotopic (exact) mass is 729 g/mol. The molecule has 11 aromatic rings. The first-order chi connectivity index (χ1) is 27.7. The fourth-order valence-electron chi connectivity index (χ4n) is 8.48. The fraction of sp³-hybridized carbons (Fsp3) is 0. The van der Waals surface area contributed by atoms with E-state index in [1.54, 1.807) is 0 Å². The minimum atomic E-state index is 1.11. The van der Waals surface area contributed by atoms with Crippen LogP contribution in [0.4, 0.5) is 17.1 Å². The third kappa shape index (κ3) is 5.54. The standard InChI is InChI=1S/C54H35NS/c1-2-10-36(11-3-1)37-20-26-43(27-21-37)55(44-28-22-38(23-29-44)40-25-33-54-51(35-40)50-16-8-9-17-53(50)56-54)52-32-31-47(48-14-6-7-15-49(48)52)42-24-30-46-41(34-42)19-18-39-12-4-5-13-45(39)46/h1-35H. The Balaban J connectivity index is 1.04. The third-order valence-electron chi connectivity index (χ3n) is 11.3. The van der Waals surface area contributed by atoms with Gasteiger partial charge >= 0.3 is 0 Å². The second-order valence-electron chi connectivity index (χ2n) is 14.5. The van der Waals surface area contributed by atoms with E-state index in [9.17, 15) is 0 Å². The van der Waals surface area contributed by atoms with Gasteiger partial charge in [-0.3, -0.25) is 0 Å². The summed E-state index contributed by atoms with van der Waals surface area (Å²) in [6, 6.07) is 77.8. The van der Waals surface area contributed by atoms with E-state index in [-0.39, 0.29) is 0 Å². The van der Waals surface area contributed by atoms with E-state index < -0.39 is 0 Å². The smallest absolute Gasteiger partial charge is 0.0540 e. The molecule has 0 saturated heterocycles. The minimum Gasteiger partial charge on any atom is -0.310 e. The molecule has 56 heavy (non-hydrogen) atoms. The lowest BCUT2D eigenvalue weighted by Gasteiger charge is -2.28. The predicted octanol–water partition coefficient (Wildman–Crippen LogP) is 16.0. The molecular formula is C54H35NS. The van der Waals surface area contributed by atoms with Gasteiger partial charge in [-0.2, -0.15) is 0 Å². The third-order valence-corrected chi connectivity index (χ3v) is 12.4. The van der Waals surface area contributed by atoms with Gasteiger partial charge in [-0.25, -0.2) is 0 Å². The van der Waals surface area contributed by atoms with Crippen molar-refractivity contribution in [1.82, 2.24) is 0 Å². The van der Waals surface area contributed by atoms with Crippen molar-refractivity contribution < 1.29 is 0 Å². The number of fused-ring (bicyclic) bond motifs is 7. The highest BCUT2D eigenvalue weighted by Gasteiger charge is 2.18. The van der Waals surface area contributed by atoms with Crippen LogP contribution in [-0.4, -0.2) is 0 Å². The summed E-state index contributed by atoms with van der Waals surface area (Å²) < 4.78 is 2.65. The van der Waals surface area contributed by atoms with Crippen molar-refractivity contribution in [2.24, 2.45) is 0 Å². The maximum absolute atomic E-state index is 2.41. The number of rotatable bonds is 6. The zero-order valence-corrected chi connectivity index (χ0v) is 31.4. The Morgan fingerprint density at radius 2 is 0.839 bits per heavy atom. The molecule has 0 bridgehead atoms. The maximum Gasteiger partial charge on any atom is 0.0540 e. The second-order valence-corrected chi connectivity index (χ2v) is 15.6. The Hall–Kier alpha value is -7.00. The molecule has 0 amide bonds. The highest BCUT2D eigenvalue weighted by atomic mass is 32.1. The SMILES string of the molecule is c1ccc(-c2ccc(N(c3ccc(-c4ccc5sc6ccccc6c5c4)cc3)c3ccc(-c4ccc5c(ccc6ccccc65)c4)c4ccccc34)cc2)cc1. The molecule has 0 fully saturated rings. The molecular weight excluding hydrogens is 695 g/mol. The summed E-state index contributed by atoms with van der Waals surface area (Å²) in [5.41, 5.74) is 10.6. The van der Waals surface area contributed by atoms with Gasteiger partial charge in [0.2, 0.25) is 0 Å². The lowest BCUT2D eigenvalue weighted by molar-refractivity contribution is 1.30. The molecule has 1 heterocycles. The van der Waals surface area contributed by atoms with E-state index in [0.29, 0.717) is 0 Å². The highest BCUT2D eigenvalue weighted by molar-refractivity contribution is 7.25. The Labute approximate surface area is 330 Å². The molecule has 0 aliphatic carbocycles. The Kier molecular flexibility index (Phi) is 7.75. The molecule has 262 valence electrons. The molecule has 0 radical (unpaired) electrons. The van der Waals surface area contributed by atoms with Crippen molar-refractivity contribution in [1.29, 1.82) is 0 Å². The van der Waals surface area contributed by atoms with E-state index in [1.165, 1.54) is 85.9 Å². The summed E-state index contributed by atoms with van der Waals surface area (Å²) in [5.74, 6) is 0. The van der Waals surface area contributed by atoms with Crippen LogP contribution in [0, 0.1) is 0 Å². The Morgan fingerprint density at radius 3 is 1.62 bits per heavy atom. The largest absolute Gasteiger partial charge is 0.310 e. The summed E-state index contributed by atoms with van der Waals surface area (Å²) in [7, 11) is 0. The topological polar surface area (TPSA) is 3.24 Å². The highest BCUT2D eigenvalue weighted by Crippen LogP contribution is 2.44. The molecule has 0 saturated carbocycles. The van der Waals surface area contributed by atoms with Gasteiger partial charge in [0.25, 0.3) is 0 Å². The van der Waals surface area contributed by atoms with E-state index in [4.69, 9.17) is 0 Å². The normalized spacial score (nSPS) is 11.6. The molecule has 1 nitrogen and oxygen atoms in total. The molecule has 0 aliphatic heterocycles. The summed E-state index contributed by atoms with van der Waals surface area (Å²) in [5, 5.41) is 10.2. The second kappa shape index (κ2) is 13.4. The molecule has 0 aliphatic rings. The van der Waals surface area contributed by atoms with Gasteiger partial charge in [0.15, 0.2) is 0 Å². The number of anilines is 3. The van der Waals surface area contributed by atoms with Gasteiger partial charge in [-0.15, -0.1) is 11.3 Å². The van der Waals surface area contributed by atoms with Gasteiger partial charge in [0, 0.05) is 36.9 Å². The predicted molar refractivity (Wildman–Crippen MR) is 243 cm³/mol. The van der Waals surface area contributed by atoms with E-state index in [1.807, 2.05) is 11.3 Å². The van der Waals surface area contributed by atoms with Crippen LogP contribution in [-0.2, 0) is 0 Å². The fourth-order valence-corrected chi connectivity index (χ4v) is 9.57. The first-order valence-electron chi connectivity index (χ1n) is 19.2. The maximum atomic E-state index is 2.41. The summed E-state index contributed by atoms with van der Waals surface area (Å²) in [6.07, 6.45) is 0. The molecule has 0 unspecified atom stereocenters. The quantitative estimate of drug-likeness (QED) is 0.154. The zero-order valence-electron chi connectivity index (χ0n) is 30.6. The van der Waals surface area contributed by atoms with Gasteiger partial charge in [0.05, 0.1) is 5.69 Å². The average Bonchev–Trinajstić information content (AvgIpc) is 3.65. The first kappa shape index (κ1) is 32.4. The van der Waals surface area contributed by atoms with Crippen LogP contribution in [0.15, 0.2) is 212 Å². The van der Waals surface area contributed by atoms with Gasteiger partial charge in [-0.05, 0) is 115 Å². The number of hydrogen-bond acceptors (Lipinski definition) is 2. The van der Waals surface area contributed by atoms with Crippen molar-refractivity contribution in [3.8, 4) is 33.4 Å². The van der Waals surface area contributed by atoms with E-state index in [2.05, 4.69) is 217 Å². The number of nitrogens with zero attached hydrogens (tertiary/aromatic N) is 1. The van der Waals surface area contributed by atoms with E-state index in [0.717, 1.165) is 17.1 Å². The van der Waals surface area contributed by atoms with Crippen molar-refractivity contribution in [2.45, 2.75) is 0 Å². The molecule has 0 spiro atoms. The Morgan fingerprint density at radius 1 is 0.286 bits per heavy atom. The van der Waals surface area contributed by atoms with Crippen LogP contribution in [0.3, 0.4) is 0 Å². The van der Waals surface area contributed by atoms with E-state index >= 15 is 0 Å². The summed E-state index contributed by atoms with van der Waals surface area (Å²) in [4.78, 5) is 2.41. The number of thiophene rings is 1. The van der Waals surface area contributed by atoms with Crippen molar-refractivity contribution in [2.75, 3.05) is 4.90 Å². The van der Waals surface area contributed by atoms with Crippen LogP contribution in [0.2, 0.25) is 0 Å². The van der Waals surface area contributed by atoms with Crippen LogP contribution in [0.25, 0.3) is 85.9 Å². The summed E-state index contributed by atoms with van der Waals surface area (Å²) >= 11 is 1.86. The zero-order chi connectivity index (χ0) is 37.0.